The van der Waals surface area contributed by atoms with E-state index in [1.54, 1.807) is 60.7 Å². The van der Waals surface area contributed by atoms with Gasteiger partial charge in [-0.1, -0.05) is 52.0 Å². The van der Waals surface area contributed by atoms with Crippen molar-refractivity contribution < 1.29 is 21.0 Å². The molecular formula is C40H24N4O7S2. The van der Waals surface area contributed by atoms with Gasteiger partial charge in [-0.3, -0.25) is 18.4 Å². The summed E-state index contributed by atoms with van der Waals surface area (Å²) < 4.78 is 66.4. The van der Waals surface area contributed by atoms with Gasteiger partial charge < -0.3 is 4.18 Å². The highest BCUT2D eigenvalue weighted by atomic mass is 32.2. The number of para-hydroxylation sites is 4. The van der Waals surface area contributed by atoms with Crippen LogP contribution in [0.4, 0.5) is 0 Å². The minimum Gasteiger partial charge on any atom is -0.378 e. The van der Waals surface area contributed by atoms with Crippen LogP contribution in [0.25, 0.3) is 98.0 Å². The van der Waals surface area contributed by atoms with Crippen molar-refractivity contribution in [2.75, 3.05) is 0 Å². The molecule has 0 unspecified atom stereocenters. The van der Waals surface area contributed by atoms with Gasteiger partial charge in [0.1, 0.15) is 16.2 Å². The molecule has 0 saturated carbocycles. The summed E-state index contributed by atoms with van der Waals surface area (Å²) in [6.45, 7) is 8.00. The Morgan fingerprint density at radius 2 is 0.943 bits per heavy atom. The van der Waals surface area contributed by atoms with Crippen LogP contribution in [0, 0.1) is 0 Å². The van der Waals surface area contributed by atoms with E-state index in [0.29, 0.717) is 76.2 Å². The Hall–Kier alpha value is -6.18. The average molecular weight is 737 g/mol. The van der Waals surface area contributed by atoms with Crippen molar-refractivity contribution >= 4 is 118 Å². The van der Waals surface area contributed by atoms with E-state index >= 15 is 0 Å². The number of pyridine rings is 2. The summed E-state index contributed by atoms with van der Waals surface area (Å²) in [4.78, 5) is 37.9. The first-order valence-electron chi connectivity index (χ1n) is 17.3. The summed E-state index contributed by atoms with van der Waals surface area (Å²) in [6.07, 6.45) is 0. The van der Waals surface area contributed by atoms with E-state index in [4.69, 9.17) is 14.2 Å². The van der Waals surface area contributed by atoms with Crippen LogP contribution in [0.15, 0.2) is 97.1 Å². The van der Waals surface area contributed by atoms with Gasteiger partial charge in [-0.15, -0.1) is 0 Å². The van der Waals surface area contributed by atoms with Crippen LogP contribution in [-0.4, -0.2) is 35.6 Å². The Balaban J connectivity index is 0.000000803. The smallest absolute Gasteiger partial charge is 0.339 e. The van der Waals surface area contributed by atoms with Crippen LogP contribution in [0.2, 0.25) is 0 Å². The number of fused-ring (bicyclic) bond motifs is 8. The number of imidazole rings is 2. The fourth-order valence-electron chi connectivity index (χ4n) is 8.89. The van der Waals surface area contributed by atoms with E-state index in [-0.39, 0.29) is 42.2 Å². The SMILES string of the molecule is CC.CC.O=c1c2cc3c4c5c(cc6c7c(cc8c(c9c(cc(c2c94)c2nc4ccccc4n12)OS8(=O)=O)c57)c(=O)n1c2ccccc2nc61)S3(=O)=O. The highest BCUT2D eigenvalue weighted by Gasteiger charge is 2.41. The molecule has 0 fully saturated rings. The van der Waals surface area contributed by atoms with Crippen LogP contribution in [-0.2, 0) is 20.0 Å². The topological polar surface area (TPSA) is 146 Å². The Labute approximate surface area is 298 Å². The molecule has 6 heterocycles. The summed E-state index contributed by atoms with van der Waals surface area (Å²) in [5, 5.41) is 4.04. The predicted octanol–water partition coefficient (Wildman–Crippen LogP) is 7.52. The predicted molar refractivity (Wildman–Crippen MR) is 206 cm³/mol. The van der Waals surface area contributed by atoms with E-state index in [9.17, 15) is 26.4 Å². The minimum atomic E-state index is -4.52. The summed E-state index contributed by atoms with van der Waals surface area (Å²) >= 11 is 0. The molecule has 2 aliphatic heterocycles. The number of aromatic nitrogens is 4. The Morgan fingerprint density at radius 1 is 0.509 bits per heavy atom. The number of benzene rings is 7. The van der Waals surface area contributed by atoms with Gasteiger partial charge in [0.15, 0.2) is 5.75 Å². The van der Waals surface area contributed by atoms with Crippen molar-refractivity contribution in [2.45, 2.75) is 42.4 Å². The highest BCUT2D eigenvalue weighted by molar-refractivity contribution is 7.92. The van der Waals surface area contributed by atoms with Crippen molar-refractivity contribution in [1.82, 2.24) is 18.8 Å². The molecule has 13 heteroatoms. The first-order chi connectivity index (χ1) is 25.6. The molecule has 0 N–H and O–H groups in total. The van der Waals surface area contributed by atoms with Gasteiger partial charge in [0.25, 0.3) is 11.1 Å². The minimum absolute atomic E-state index is 0.00567. The maximum atomic E-state index is 14.7. The molecule has 0 amide bonds. The van der Waals surface area contributed by atoms with E-state index in [0.717, 1.165) is 0 Å². The molecule has 0 radical (unpaired) electrons. The summed E-state index contributed by atoms with van der Waals surface area (Å²) in [5.74, 6) is -0.00567. The van der Waals surface area contributed by atoms with Crippen LogP contribution in [0.5, 0.6) is 5.75 Å². The summed E-state index contributed by atoms with van der Waals surface area (Å²) in [5.41, 5.74) is 1.75. The molecular weight excluding hydrogens is 713 g/mol. The zero-order valence-electron chi connectivity index (χ0n) is 28.4. The fraction of sp³-hybridized carbons (Fsp3) is 0.100. The second kappa shape index (κ2) is 9.43. The lowest BCUT2D eigenvalue weighted by molar-refractivity contribution is 0.488. The van der Waals surface area contributed by atoms with Crippen molar-refractivity contribution in [3.05, 3.63) is 93.5 Å². The van der Waals surface area contributed by atoms with Gasteiger partial charge in [-0.05, 0) is 48.5 Å². The van der Waals surface area contributed by atoms with Gasteiger partial charge in [-0.25, -0.2) is 18.4 Å². The van der Waals surface area contributed by atoms with Crippen molar-refractivity contribution in [1.29, 1.82) is 0 Å². The molecule has 7 aromatic carbocycles. The number of sulfone groups is 1. The van der Waals surface area contributed by atoms with Crippen LogP contribution in [0.3, 0.4) is 0 Å². The number of rotatable bonds is 0. The van der Waals surface area contributed by atoms with Crippen LogP contribution < -0.4 is 15.3 Å². The molecule has 0 aliphatic carbocycles. The van der Waals surface area contributed by atoms with E-state index < -0.39 is 31.1 Å². The largest absolute Gasteiger partial charge is 0.378 e. The molecule has 0 atom stereocenters. The Bertz CT molecular complexity index is 3890. The van der Waals surface area contributed by atoms with Crippen molar-refractivity contribution in [3.8, 4) is 5.75 Å². The zero-order chi connectivity index (χ0) is 36.6. The lowest BCUT2D eigenvalue weighted by Gasteiger charge is -2.24. The molecule has 53 heavy (non-hydrogen) atoms. The molecule has 2 aliphatic rings. The third kappa shape index (κ3) is 3.16. The molecule has 0 spiro atoms. The molecule has 11 aromatic rings. The molecule has 0 saturated heterocycles. The molecule has 4 aromatic heterocycles. The zero-order valence-corrected chi connectivity index (χ0v) is 30.0. The quantitative estimate of drug-likeness (QED) is 0.0876. The third-order valence-corrected chi connectivity index (χ3v) is 13.7. The molecule has 0 bridgehead atoms. The number of hydrogen-bond donors (Lipinski definition) is 0. The van der Waals surface area contributed by atoms with Crippen LogP contribution >= 0.6 is 0 Å². The van der Waals surface area contributed by atoms with Crippen molar-refractivity contribution in [3.63, 3.8) is 0 Å². The second-order valence-corrected chi connectivity index (χ2v) is 16.3. The lowest BCUT2D eigenvalue weighted by atomic mass is 9.85. The van der Waals surface area contributed by atoms with Crippen LogP contribution in [0.1, 0.15) is 27.7 Å². The van der Waals surface area contributed by atoms with E-state index in [2.05, 4.69) is 0 Å². The van der Waals surface area contributed by atoms with Gasteiger partial charge in [-0.2, -0.15) is 8.42 Å². The lowest BCUT2D eigenvalue weighted by Crippen LogP contribution is -2.19. The fourth-order valence-corrected chi connectivity index (χ4v) is 11.8. The number of nitrogens with zero attached hydrogens (tertiary/aromatic N) is 4. The van der Waals surface area contributed by atoms with E-state index in [1.807, 2.05) is 27.7 Å². The van der Waals surface area contributed by atoms with Crippen molar-refractivity contribution in [2.24, 2.45) is 0 Å². The second-order valence-electron chi connectivity index (χ2n) is 12.9. The van der Waals surface area contributed by atoms with Gasteiger partial charge in [0, 0.05) is 53.9 Å². The standard InChI is InChI=1S/C36H12N4O7S2.2C2H6/c41-35-15-11-23-28-29-22(48(23,43)44)10-14-26-16(36(42)40-20-8-4-2-6-18(20)38-34(14)40)12-24-30(32(26)29)27-21(47-49(24,45)46)9-13(25(15)31(27)28)33-37-17-5-1-3-7-19(17)39(33)35;2*1-2/h1-12H;2*1-2H3. The maximum absolute atomic E-state index is 14.7. The average Bonchev–Trinajstić information content (AvgIpc) is 3.82. The first-order valence-corrected chi connectivity index (χ1v) is 20.1. The first kappa shape index (κ1) is 30.4. The van der Waals surface area contributed by atoms with Gasteiger partial charge >= 0.3 is 10.1 Å². The third-order valence-electron chi connectivity index (χ3n) is 10.7. The maximum Gasteiger partial charge on any atom is 0.339 e. The number of hydrogen-bond acceptors (Lipinski definition) is 9. The Kier molecular flexibility index (Phi) is 5.41. The monoisotopic (exact) mass is 736 g/mol. The summed E-state index contributed by atoms with van der Waals surface area (Å²) in [7, 11) is -8.78. The summed E-state index contributed by atoms with van der Waals surface area (Å²) in [6, 6.07) is 20.0. The molecule has 258 valence electrons. The normalized spacial score (nSPS) is 15.3. The molecule has 11 nitrogen and oxygen atoms in total. The molecule has 13 rings (SSSR count). The Morgan fingerprint density at radius 3 is 1.49 bits per heavy atom. The highest BCUT2D eigenvalue weighted by Crippen LogP contribution is 2.58. The van der Waals surface area contributed by atoms with Gasteiger partial charge in [0.05, 0.1) is 42.6 Å². The van der Waals surface area contributed by atoms with E-state index in [1.165, 1.54) is 20.9 Å². The van der Waals surface area contributed by atoms with Gasteiger partial charge in [0.2, 0.25) is 9.84 Å².